The lowest BCUT2D eigenvalue weighted by Crippen LogP contribution is -3.00. The fourth-order valence-electron chi connectivity index (χ4n) is 6.21. The predicted octanol–water partition coefficient (Wildman–Crippen LogP) is 8.86. The van der Waals surface area contributed by atoms with Crippen molar-refractivity contribution < 1.29 is 30.9 Å². The predicted molar refractivity (Wildman–Crippen MR) is 206 cm³/mol. The molecular weight excluding hydrogens is 666 g/mol. The topological polar surface area (TPSA) is 18.5 Å². The van der Waals surface area contributed by atoms with Gasteiger partial charge < -0.3 is 30.9 Å². The first-order valence-electron chi connectivity index (χ1n) is 18.6. The number of ether oxygens (including phenoxy) is 2. The molecule has 4 heteroatoms. The number of hydrogen-bond donors (Lipinski definition) is 0. The van der Waals surface area contributed by atoms with E-state index in [-0.39, 0.29) is 17.0 Å². The summed E-state index contributed by atoms with van der Waals surface area (Å²) in [7, 11) is 6.82. The van der Waals surface area contributed by atoms with Crippen LogP contribution in [0, 0.1) is 0 Å². The molecule has 0 aromatic heterocycles. The van der Waals surface area contributed by atoms with E-state index in [9.17, 15) is 0 Å². The van der Waals surface area contributed by atoms with Crippen LogP contribution in [0.3, 0.4) is 0 Å². The molecule has 0 fully saturated rings. The Kier molecular flexibility index (Phi) is 18.3. The van der Waals surface area contributed by atoms with E-state index >= 15 is 0 Å². The van der Waals surface area contributed by atoms with Gasteiger partial charge in [-0.15, -0.1) is 0 Å². The van der Waals surface area contributed by atoms with Gasteiger partial charge in [0.25, 0.3) is 0 Å². The Balaban J connectivity index is 0.00000650. The molecule has 0 radical (unpaired) electrons. The third-order valence-electron chi connectivity index (χ3n) is 8.92. The molecule has 0 unspecified atom stereocenters. The molecule has 4 aromatic rings. The largest absolute Gasteiger partial charge is 1.00 e. The van der Waals surface area contributed by atoms with Gasteiger partial charge >= 0.3 is 0 Å². The lowest BCUT2D eigenvalue weighted by Gasteiger charge is -2.23. The summed E-state index contributed by atoms with van der Waals surface area (Å²) in [6.45, 7) is 5.06. The second kappa shape index (κ2) is 22.4. The first kappa shape index (κ1) is 40.1. The molecule has 0 aliphatic carbocycles. The lowest BCUT2D eigenvalue weighted by atomic mass is 9.86. The molecule has 4 aromatic carbocycles. The van der Waals surface area contributed by atoms with Gasteiger partial charge in [-0.25, -0.2) is 0 Å². The second-order valence-electron chi connectivity index (χ2n) is 14.1. The summed E-state index contributed by atoms with van der Waals surface area (Å²) in [5.74, 6) is 1.87. The molecule has 0 atom stereocenters. The van der Waals surface area contributed by atoms with Crippen LogP contribution < -0.4 is 26.5 Å². The van der Waals surface area contributed by atoms with Gasteiger partial charge in [0.2, 0.25) is 0 Å². The highest BCUT2D eigenvalue weighted by Crippen LogP contribution is 2.38. The monoisotopic (exact) mass is 725 g/mol. The summed E-state index contributed by atoms with van der Waals surface area (Å²) in [6, 6.07) is 38.9. The Hall–Kier alpha value is -3.34. The van der Waals surface area contributed by atoms with Crippen LogP contribution in [-0.4, -0.2) is 45.4 Å². The second-order valence-corrected chi connectivity index (χ2v) is 14.1. The zero-order valence-corrected chi connectivity index (χ0v) is 32.2. The molecule has 0 bridgehead atoms. The first-order valence-corrected chi connectivity index (χ1v) is 18.6. The van der Waals surface area contributed by atoms with Crippen molar-refractivity contribution in [1.29, 1.82) is 0 Å². The highest BCUT2D eigenvalue weighted by Gasteiger charge is 2.16. The lowest BCUT2D eigenvalue weighted by molar-refractivity contribution is -0.870. The summed E-state index contributed by atoms with van der Waals surface area (Å²) in [5.41, 5.74) is 7.14. The fourth-order valence-corrected chi connectivity index (χ4v) is 6.21. The van der Waals surface area contributed by atoms with Crippen LogP contribution in [0.15, 0.2) is 109 Å². The standard InChI is InChI=1S/C45H60NO2.BrH/c1-5-6-7-8-12-21-36-47-42-31-27-40(28-32-42)44(38-23-16-14-17-24-38)45(39-25-18-15-19-26-39)41-29-33-43(34-30-41)48-37-22-13-10-9-11-20-35-46(2,3)4;/h14-19,23-34H,5-13,20-22,35-37H2,1-4H3;1H/q+1;/p-1. The van der Waals surface area contributed by atoms with Crippen molar-refractivity contribution in [3.63, 3.8) is 0 Å². The molecule has 0 aliphatic heterocycles. The maximum absolute atomic E-state index is 6.19. The Labute approximate surface area is 308 Å². The molecule has 0 aliphatic rings. The van der Waals surface area contributed by atoms with Crippen LogP contribution in [0.1, 0.15) is 106 Å². The van der Waals surface area contributed by atoms with Gasteiger partial charge in [0.1, 0.15) is 11.5 Å². The molecule has 4 rings (SSSR count). The number of halogens is 1. The number of unbranched alkanes of at least 4 members (excludes halogenated alkanes) is 10. The van der Waals surface area contributed by atoms with Crippen LogP contribution in [0.25, 0.3) is 11.1 Å². The van der Waals surface area contributed by atoms with E-state index in [4.69, 9.17) is 9.47 Å². The highest BCUT2D eigenvalue weighted by molar-refractivity contribution is 6.04. The van der Waals surface area contributed by atoms with Gasteiger partial charge in [0.05, 0.1) is 40.9 Å². The molecule has 0 spiro atoms. The molecule has 0 amide bonds. The average molecular weight is 727 g/mol. The Morgan fingerprint density at radius 1 is 0.429 bits per heavy atom. The summed E-state index contributed by atoms with van der Waals surface area (Å²) in [4.78, 5) is 0. The van der Waals surface area contributed by atoms with Crippen molar-refractivity contribution in [2.75, 3.05) is 40.9 Å². The zero-order chi connectivity index (χ0) is 33.9. The van der Waals surface area contributed by atoms with Gasteiger partial charge in [-0.2, -0.15) is 0 Å². The van der Waals surface area contributed by atoms with Gasteiger partial charge in [0, 0.05) is 0 Å². The smallest absolute Gasteiger partial charge is 0.119 e. The van der Waals surface area contributed by atoms with E-state index in [0.29, 0.717) is 0 Å². The minimum atomic E-state index is 0. The van der Waals surface area contributed by atoms with Gasteiger partial charge in [-0.1, -0.05) is 143 Å². The minimum absolute atomic E-state index is 0. The normalized spacial score (nSPS) is 11.8. The summed E-state index contributed by atoms with van der Waals surface area (Å²) < 4.78 is 13.4. The average Bonchev–Trinajstić information content (AvgIpc) is 3.10. The fraction of sp³-hybridized carbons (Fsp3) is 0.422. The van der Waals surface area contributed by atoms with E-state index in [0.717, 1.165) is 42.0 Å². The number of hydrogen-bond acceptors (Lipinski definition) is 2. The van der Waals surface area contributed by atoms with Crippen molar-refractivity contribution >= 4 is 11.1 Å². The molecule has 0 N–H and O–H groups in total. The molecule has 0 saturated heterocycles. The first-order chi connectivity index (χ1) is 23.4. The molecule has 3 nitrogen and oxygen atoms in total. The number of quaternary nitrogens is 1. The van der Waals surface area contributed by atoms with Gasteiger partial charge in [0.15, 0.2) is 0 Å². The van der Waals surface area contributed by atoms with E-state index in [1.807, 2.05) is 0 Å². The molecule has 0 saturated carbocycles. The quantitative estimate of drug-likeness (QED) is 0.0458. The van der Waals surface area contributed by atoms with Crippen molar-refractivity contribution in [2.24, 2.45) is 0 Å². The third-order valence-corrected chi connectivity index (χ3v) is 8.92. The minimum Gasteiger partial charge on any atom is -1.00 e. The molecule has 49 heavy (non-hydrogen) atoms. The third kappa shape index (κ3) is 14.6. The Morgan fingerprint density at radius 3 is 1.16 bits per heavy atom. The van der Waals surface area contributed by atoms with Crippen molar-refractivity contribution in [1.82, 2.24) is 0 Å². The SMILES string of the molecule is CCCCCCCCOc1ccc(C(=C(c2ccccc2)c2ccc(OCCCCCCCC[N+](C)(C)C)cc2)c2ccccc2)cc1.[Br-]. The summed E-state index contributed by atoms with van der Waals surface area (Å²) >= 11 is 0. The summed E-state index contributed by atoms with van der Waals surface area (Å²) in [5, 5.41) is 0. The summed E-state index contributed by atoms with van der Waals surface area (Å²) in [6.07, 6.45) is 15.2. The van der Waals surface area contributed by atoms with E-state index < -0.39 is 0 Å². The maximum Gasteiger partial charge on any atom is 0.119 e. The zero-order valence-electron chi connectivity index (χ0n) is 30.6. The van der Waals surface area contributed by atoms with Crippen LogP contribution in [-0.2, 0) is 0 Å². The van der Waals surface area contributed by atoms with Gasteiger partial charge in [-0.3, -0.25) is 0 Å². The van der Waals surface area contributed by atoms with Crippen LogP contribution in [0.2, 0.25) is 0 Å². The van der Waals surface area contributed by atoms with Crippen molar-refractivity contribution in [3.05, 3.63) is 131 Å². The van der Waals surface area contributed by atoms with E-state index in [2.05, 4.69) is 137 Å². The number of rotatable bonds is 22. The van der Waals surface area contributed by atoms with Gasteiger partial charge in [-0.05, 0) is 83.3 Å². The van der Waals surface area contributed by atoms with E-state index in [1.54, 1.807) is 0 Å². The van der Waals surface area contributed by atoms with Crippen molar-refractivity contribution in [2.45, 2.75) is 84.0 Å². The Morgan fingerprint density at radius 2 is 0.776 bits per heavy atom. The van der Waals surface area contributed by atoms with E-state index in [1.165, 1.54) is 104 Å². The molecule has 264 valence electrons. The Bertz CT molecular complexity index is 1460. The van der Waals surface area contributed by atoms with Crippen LogP contribution in [0.5, 0.6) is 11.5 Å². The molecule has 0 heterocycles. The molecular formula is C45H60BrNO2. The number of nitrogens with zero attached hydrogens (tertiary/aromatic N) is 1. The van der Waals surface area contributed by atoms with Crippen molar-refractivity contribution in [3.8, 4) is 11.5 Å². The highest BCUT2D eigenvalue weighted by atomic mass is 79.9. The van der Waals surface area contributed by atoms with Crippen LogP contribution >= 0.6 is 0 Å². The maximum atomic E-state index is 6.19. The number of benzene rings is 4. The van der Waals surface area contributed by atoms with Crippen LogP contribution in [0.4, 0.5) is 0 Å².